The summed E-state index contributed by atoms with van der Waals surface area (Å²) in [6, 6.07) is 3.07. The molecule has 1 heterocycles. The molecule has 0 saturated carbocycles. The van der Waals surface area contributed by atoms with Gasteiger partial charge in [-0.2, -0.15) is 12.6 Å². The maximum atomic E-state index is 9.34. The van der Waals surface area contributed by atoms with Crippen molar-refractivity contribution in [3.8, 4) is 5.75 Å². The topological polar surface area (TPSA) is 33.1 Å². The second-order valence-corrected chi connectivity index (χ2v) is 3.29. The number of pyridine rings is 1. The maximum absolute atomic E-state index is 9.34. The van der Waals surface area contributed by atoms with Crippen LogP contribution < -0.4 is 0 Å². The number of rotatable bonds is 3. The molecular formula is C9H10ClNOS. The molecule has 0 bridgehead atoms. The normalized spacial score (nSPS) is 10.9. The Kier molecular flexibility index (Phi) is 4.12. The van der Waals surface area contributed by atoms with Crippen LogP contribution in [0.15, 0.2) is 18.2 Å². The van der Waals surface area contributed by atoms with E-state index in [0.29, 0.717) is 10.8 Å². The summed E-state index contributed by atoms with van der Waals surface area (Å²) < 4.78 is 0. The van der Waals surface area contributed by atoms with Gasteiger partial charge in [0.15, 0.2) is 0 Å². The van der Waals surface area contributed by atoms with Crippen LogP contribution in [0.4, 0.5) is 0 Å². The lowest BCUT2D eigenvalue weighted by molar-refractivity contribution is 0.471. The number of nitrogens with zero attached hydrogens (tertiary/aromatic N) is 1. The van der Waals surface area contributed by atoms with E-state index in [4.69, 9.17) is 11.6 Å². The molecule has 0 spiro atoms. The minimum atomic E-state index is 0.139. The molecule has 0 atom stereocenters. The van der Waals surface area contributed by atoms with Gasteiger partial charge >= 0.3 is 0 Å². The molecule has 13 heavy (non-hydrogen) atoms. The fraction of sp³-hybridized carbons (Fsp3) is 0.222. The van der Waals surface area contributed by atoms with Gasteiger partial charge in [0.2, 0.25) is 0 Å². The van der Waals surface area contributed by atoms with E-state index in [9.17, 15) is 5.11 Å². The van der Waals surface area contributed by atoms with Crippen LogP contribution in [0.25, 0.3) is 6.08 Å². The van der Waals surface area contributed by atoms with Crippen LogP contribution in [-0.2, 0) is 0 Å². The molecule has 70 valence electrons. The second-order valence-electron chi connectivity index (χ2n) is 2.45. The molecule has 1 aromatic rings. The SMILES string of the molecule is Oc1ccc(Cl)nc1C=CCCS. The van der Waals surface area contributed by atoms with Crippen LogP contribution in [0.5, 0.6) is 5.75 Å². The Morgan fingerprint density at radius 3 is 3.00 bits per heavy atom. The van der Waals surface area contributed by atoms with E-state index >= 15 is 0 Å². The van der Waals surface area contributed by atoms with Gasteiger partial charge in [-0.15, -0.1) is 0 Å². The summed E-state index contributed by atoms with van der Waals surface area (Å²) >= 11 is 9.71. The Bertz CT molecular complexity index is 314. The van der Waals surface area contributed by atoms with Crippen molar-refractivity contribution in [3.05, 3.63) is 29.1 Å². The Hall–Kier alpha value is -0.670. The van der Waals surface area contributed by atoms with Crippen molar-refractivity contribution < 1.29 is 5.11 Å². The fourth-order valence-corrected chi connectivity index (χ4v) is 1.14. The van der Waals surface area contributed by atoms with Crippen molar-refractivity contribution in [2.75, 3.05) is 5.75 Å². The van der Waals surface area contributed by atoms with Gasteiger partial charge in [-0.25, -0.2) is 4.98 Å². The molecule has 1 aromatic heterocycles. The van der Waals surface area contributed by atoms with Gasteiger partial charge in [0, 0.05) is 0 Å². The number of thiol groups is 1. The smallest absolute Gasteiger partial charge is 0.141 e. The highest BCUT2D eigenvalue weighted by atomic mass is 35.5. The Morgan fingerprint density at radius 1 is 1.54 bits per heavy atom. The molecule has 0 aliphatic rings. The Labute approximate surface area is 87.7 Å². The Morgan fingerprint density at radius 2 is 2.31 bits per heavy atom. The standard InChI is InChI=1S/C9H10ClNOS/c10-9-5-4-8(12)7(11-9)3-1-2-6-13/h1,3-5,12-13H,2,6H2. The van der Waals surface area contributed by atoms with E-state index in [-0.39, 0.29) is 5.75 Å². The van der Waals surface area contributed by atoms with Crippen LogP contribution in [0.1, 0.15) is 12.1 Å². The van der Waals surface area contributed by atoms with Gasteiger partial charge in [0.25, 0.3) is 0 Å². The molecular weight excluding hydrogens is 206 g/mol. The fourth-order valence-electron chi connectivity index (χ4n) is 0.835. The van der Waals surface area contributed by atoms with Gasteiger partial charge in [-0.3, -0.25) is 0 Å². The number of aromatic hydroxyl groups is 1. The van der Waals surface area contributed by atoms with E-state index < -0.39 is 0 Å². The third-order valence-electron chi connectivity index (χ3n) is 1.44. The van der Waals surface area contributed by atoms with Crippen LogP contribution in [0, 0.1) is 0 Å². The van der Waals surface area contributed by atoms with Gasteiger partial charge in [-0.1, -0.05) is 17.7 Å². The number of halogens is 1. The molecule has 0 aliphatic carbocycles. The lowest BCUT2D eigenvalue weighted by Crippen LogP contribution is -1.82. The molecule has 2 nitrogen and oxygen atoms in total. The number of allylic oxidation sites excluding steroid dienone is 1. The molecule has 0 unspecified atom stereocenters. The molecule has 0 saturated heterocycles. The summed E-state index contributed by atoms with van der Waals surface area (Å²) in [5.74, 6) is 0.914. The molecule has 1 rings (SSSR count). The maximum Gasteiger partial charge on any atom is 0.141 e. The van der Waals surface area contributed by atoms with Crippen molar-refractivity contribution in [2.45, 2.75) is 6.42 Å². The molecule has 4 heteroatoms. The summed E-state index contributed by atoms with van der Waals surface area (Å²) in [7, 11) is 0. The molecule has 0 radical (unpaired) electrons. The quantitative estimate of drug-likeness (QED) is 0.601. The van der Waals surface area contributed by atoms with Crippen molar-refractivity contribution in [3.63, 3.8) is 0 Å². The van der Waals surface area contributed by atoms with Gasteiger partial charge in [0.1, 0.15) is 16.6 Å². The first kappa shape index (κ1) is 10.4. The first-order valence-corrected chi connectivity index (χ1v) is 4.88. The van der Waals surface area contributed by atoms with E-state index in [1.807, 2.05) is 6.08 Å². The molecule has 0 amide bonds. The van der Waals surface area contributed by atoms with E-state index in [1.54, 1.807) is 12.1 Å². The third kappa shape index (κ3) is 3.28. The molecule has 1 N–H and O–H groups in total. The zero-order valence-electron chi connectivity index (χ0n) is 6.94. The molecule has 0 aliphatic heterocycles. The highest BCUT2D eigenvalue weighted by molar-refractivity contribution is 7.80. The lowest BCUT2D eigenvalue weighted by Gasteiger charge is -1.97. The predicted molar refractivity (Wildman–Crippen MR) is 58.4 cm³/mol. The largest absolute Gasteiger partial charge is 0.506 e. The number of aromatic nitrogens is 1. The summed E-state index contributed by atoms with van der Waals surface area (Å²) in [6.07, 6.45) is 4.47. The van der Waals surface area contributed by atoms with Gasteiger partial charge in [-0.05, 0) is 30.4 Å². The molecule has 0 aromatic carbocycles. The third-order valence-corrected chi connectivity index (χ3v) is 1.91. The van der Waals surface area contributed by atoms with E-state index in [1.165, 1.54) is 6.07 Å². The van der Waals surface area contributed by atoms with Crippen molar-refractivity contribution in [2.24, 2.45) is 0 Å². The van der Waals surface area contributed by atoms with Crippen LogP contribution >= 0.6 is 24.2 Å². The number of hydrogen-bond acceptors (Lipinski definition) is 3. The first-order chi connectivity index (χ1) is 6.24. The zero-order valence-corrected chi connectivity index (χ0v) is 8.59. The van der Waals surface area contributed by atoms with Crippen LogP contribution in [0.3, 0.4) is 0 Å². The van der Waals surface area contributed by atoms with Crippen molar-refractivity contribution >= 4 is 30.3 Å². The van der Waals surface area contributed by atoms with Crippen LogP contribution in [-0.4, -0.2) is 15.8 Å². The average Bonchev–Trinajstić information content (AvgIpc) is 2.11. The van der Waals surface area contributed by atoms with Gasteiger partial charge in [0.05, 0.1) is 0 Å². The minimum absolute atomic E-state index is 0.139. The minimum Gasteiger partial charge on any atom is -0.506 e. The Balaban J connectivity index is 2.81. The second kappa shape index (κ2) is 5.14. The zero-order chi connectivity index (χ0) is 9.68. The first-order valence-electron chi connectivity index (χ1n) is 3.87. The van der Waals surface area contributed by atoms with Crippen molar-refractivity contribution in [1.82, 2.24) is 4.98 Å². The summed E-state index contributed by atoms with van der Waals surface area (Å²) in [6.45, 7) is 0. The molecule has 0 fully saturated rings. The predicted octanol–water partition coefficient (Wildman–Crippen LogP) is 2.77. The monoisotopic (exact) mass is 215 g/mol. The van der Waals surface area contributed by atoms with Crippen molar-refractivity contribution in [1.29, 1.82) is 0 Å². The highest BCUT2D eigenvalue weighted by Crippen LogP contribution is 2.18. The summed E-state index contributed by atoms with van der Waals surface area (Å²) in [5, 5.41) is 9.72. The summed E-state index contributed by atoms with van der Waals surface area (Å²) in [4.78, 5) is 3.95. The van der Waals surface area contributed by atoms with E-state index in [2.05, 4.69) is 17.6 Å². The number of hydrogen-bond donors (Lipinski definition) is 2. The van der Waals surface area contributed by atoms with E-state index in [0.717, 1.165) is 12.2 Å². The van der Waals surface area contributed by atoms with Crippen LogP contribution in [0.2, 0.25) is 5.15 Å². The summed E-state index contributed by atoms with van der Waals surface area (Å²) in [5.41, 5.74) is 0.495. The highest BCUT2D eigenvalue weighted by Gasteiger charge is 1.98. The lowest BCUT2D eigenvalue weighted by atomic mass is 10.3. The average molecular weight is 216 g/mol. The van der Waals surface area contributed by atoms with Gasteiger partial charge < -0.3 is 5.11 Å².